The van der Waals surface area contributed by atoms with Crippen molar-refractivity contribution in [2.75, 3.05) is 19.7 Å². The first kappa shape index (κ1) is 11.2. The molecule has 2 heterocycles. The lowest BCUT2D eigenvalue weighted by molar-refractivity contribution is -0.137. The number of nitrogens with zero attached hydrogens (tertiary/aromatic N) is 1. The fourth-order valence-corrected chi connectivity index (χ4v) is 2.55. The molecule has 0 N–H and O–H groups in total. The van der Waals surface area contributed by atoms with Gasteiger partial charge in [-0.1, -0.05) is 0 Å². The zero-order valence-electron chi connectivity index (χ0n) is 9.12. The third kappa shape index (κ3) is 2.45. The Morgan fingerprint density at radius 1 is 1.33 bits per heavy atom. The molecule has 0 aromatic rings. The molecular formula is C11H18ClNO2. The Kier molecular flexibility index (Phi) is 3.52. The van der Waals surface area contributed by atoms with Crippen LogP contribution in [0.15, 0.2) is 0 Å². The van der Waals surface area contributed by atoms with Crippen molar-refractivity contribution in [3.05, 3.63) is 0 Å². The maximum Gasteiger partial charge on any atom is 0.228 e. The second kappa shape index (κ2) is 4.71. The monoisotopic (exact) mass is 231 g/mol. The topological polar surface area (TPSA) is 29.5 Å². The molecule has 0 aromatic carbocycles. The van der Waals surface area contributed by atoms with E-state index in [0.29, 0.717) is 0 Å². The van der Waals surface area contributed by atoms with Crippen LogP contribution in [-0.2, 0) is 9.53 Å². The second-order valence-electron chi connectivity index (χ2n) is 4.47. The minimum atomic E-state index is 0.0804. The van der Waals surface area contributed by atoms with E-state index in [-0.39, 0.29) is 23.3 Å². The van der Waals surface area contributed by atoms with E-state index >= 15 is 0 Å². The van der Waals surface area contributed by atoms with Crippen LogP contribution < -0.4 is 0 Å². The minimum Gasteiger partial charge on any atom is -0.378 e. The normalized spacial score (nSPS) is 33.3. The van der Waals surface area contributed by atoms with Gasteiger partial charge in [0.05, 0.1) is 12.0 Å². The zero-order valence-corrected chi connectivity index (χ0v) is 9.87. The Balaban J connectivity index is 1.90. The first-order valence-corrected chi connectivity index (χ1v) is 6.16. The lowest BCUT2D eigenvalue weighted by Crippen LogP contribution is -2.43. The molecule has 15 heavy (non-hydrogen) atoms. The Bertz CT molecular complexity index is 239. The average Bonchev–Trinajstić information content (AvgIpc) is 2.65. The van der Waals surface area contributed by atoms with Gasteiger partial charge in [-0.2, -0.15) is 0 Å². The first-order chi connectivity index (χ1) is 7.18. The number of halogens is 1. The molecule has 2 fully saturated rings. The van der Waals surface area contributed by atoms with Crippen LogP contribution >= 0.6 is 11.6 Å². The first-order valence-electron chi connectivity index (χ1n) is 5.73. The van der Waals surface area contributed by atoms with Gasteiger partial charge in [-0.15, -0.1) is 11.6 Å². The van der Waals surface area contributed by atoms with Gasteiger partial charge in [-0.05, 0) is 26.2 Å². The Morgan fingerprint density at radius 2 is 2.00 bits per heavy atom. The quantitative estimate of drug-likeness (QED) is 0.643. The van der Waals surface area contributed by atoms with Crippen molar-refractivity contribution < 1.29 is 9.53 Å². The maximum absolute atomic E-state index is 12.1. The van der Waals surface area contributed by atoms with Crippen LogP contribution in [0.1, 0.15) is 26.2 Å². The predicted molar refractivity (Wildman–Crippen MR) is 59.0 cm³/mol. The van der Waals surface area contributed by atoms with Crippen molar-refractivity contribution >= 4 is 17.5 Å². The second-order valence-corrected chi connectivity index (χ2v) is 5.09. The highest BCUT2D eigenvalue weighted by Crippen LogP contribution is 2.25. The molecule has 2 rings (SSSR count). The van der Waals surface area contributed by atoms with Crippen LogP contribution in [0, 0.1) is 5.92 Å². The third-order valence-corrected chi connectivity index (χ3v) is 3.87. The highest BCUT2D eigenvalue weighted by Gasteiger charge is 2.34. The molecule has 2 unspecified atom stereocenters. The van der Waals surface area contributed by atoms with E-state index in [1.54, 1.807) is 0 Å². The highest BCUT2D eigenvalue weighted by molar-refractivity contribution is 6.20. The number of carbonyl (C=O) groups is 1. The third-order valence-electron chi connectivity index (χ3n) is 3.43. The van der Waals surface area contributed by atoms with E-state index in [2.05, 4.69) is 0 Å². The molecule has 0 radical (unpaired) electrons. The van der Waals surface area contributed by atoms with Gasteiger partial charge < -0.3 is 9.64 Å². The van der Waals surface area contributed by atoms with Crippen LogP contribution in [0.5, 0.6) is 0 Å². The van der Waals surface area contributed by atoms with Gasteiger partial charge in [0.1, 0.15) is 0 Å². The number of ether oxygens (including phenoxy) is 1. The lowest BCUT2D eigenvalue weighted by atomic mass is 9.99. The SMILES string of the molecule is CC1OCCC1C(=O)N1CCC(Cl)CC1. The van der Waals surface area contributed by atoms with E-state index < -0.39 is 0 Å². The van der Waals surface area contributed by atoms with Crippen LogP contribution in [0.3, 0.4) is 0 Å². The van der Waals surface area contributed by atoms with Crippen molar-refractivity contribution in [1.82, 2.24) is 4.90 Å². The smallest absolute Gasteiger partial charge is 0.228 e. The summed E-state index contributed by atoms with van der Waals surface area (Å²) in [5.41, 5.74) is 0. The van der Waals surface area contributed by atoms with Crippen molar-refractivity contribution in [3.63, 3.8) is 0 Å². The number of piperidine rings is 1. The van der Waals surface area contributed by atoms with Crippen LogP contribution in [0.25, 0.3) is 0 Å². The number of rotatable bonds is 1. The Labute approximate surface area is 95.7 Å². The Morgan fingerprint density at radius 3 is 2.53 bits per heavy atom. The predicted octanol–water partition coefficient (Wildman–Crippen LogP) is 1.64. The number of hydrogen-bond donors (Lipinski definition) is 0. The number of amides is 1. The van der Waals surface area contributed by atoms with E-state index in [4.69, 9.17) is 16.3 Å². The van der Waals surface area contributed by atoms with Crippen LogP contribution in [0.2, 0.25) is 0 Å². The standard InChI is InChI=1S/C11H18ClNO2/c1-8-10(4-7-15-8)11(14)13-5-2-9(12)3-6-13/h8-10H,2-7H2,1H3. The average molecular weight is 232 g/mol. The summed E-state index contributed by atoms with van der Waals surface area (Å²) in [6, 6.07) is 0. The molecule has 2 saturated heterocycles. The molecule has 3 nitrogen and oxygen atoms in total. The summed E-state index contributed by atoms with van der Waals surface area (Å²) in [7, 11) is 0. The number of alkyl halides is 1. The number of carbonyl (C=O) groups excluding carboxylic acids is 1. The maximum atomic E-state index is 12.1. The minimum absolute atomic E-state index is 0.0804. The summed E-state index contributed by atoms with van der Waals surface area (Å²) >= 11 is 6.01. The van der Waals surface area contributed by atoms with Crippen LogP contribution in [-0.4, -0.2) is 42.0 Å². The molecule has 2 aliphatic heterocycles. The molecule has 2 atom stereocenters. The largest absolute Gasteiger partial charge is 0.378 e. The van der Waals surface area contributed by atoms with Gasteiger partial charge >= 0.3 is 0 Å². The molecule has 2 aliphatic rings. The molecule has 4 heteroatoms. The molecule has 0 saturated carbocycles. The van der Waals surface area contributed by atoms with Crippen LogP contribution in [0.4, 0.5) is 0 Å². The van der Waals surface area contributed by atoms with Gasteiger partial charge in [0.2, 0.25) is 5.91 Å². The molecule has 0 aromatic heterocycles. The van der Waals surface area contributed by atoms with Gasteiger partial charge in [0, 0.05) is 25.1 Å². The molecule has 0 spiro atoms. The van der Waals surface area contributed by atoms with Gasteiger partial charge in [0.25, 0.3) is 0 Å². The number of hydrogen-bond acceptors (Lipinski definition) is 2. The summed E-state index contributed by atoms with van der Waals surface area (Å²) in [5, 5.41) is 0.256. The Hall–Kier alpha value is -0.280. The fraction of sp³-hybridized carbons (Fsp3) is 0.909. The molecule has 86 valence electrons. The van der Waals surface area contributed by atoms with Crippen molar-refractivity contribution in [2.24, 2.45) is 5.92 Å². The van der Waals surface area contributed by atoms with Gasteiger partial charge in [-0.25, -0.2) is 0 Å². The highest BCUT2D eigenvalue weighted by atomic mass is 35.5. The molecule has 1 amide bonds. The summed E-state index contributed by atoms with van der Waals surface area (Å²) in [5.74, 6) is 0.348. The van der Waals surface area contributed by atoms with Crippen molar-refractivity contribution in [3.8, 4) is 0 Å². The van der Waals surface area contributed by atoms with E-state index in [1.165, 1.54) is 0 Å². The summed E-state index contributed by atoms with van der Waals surface area (Å²) in [6.07, 6.45) is 2.82. The molecular weight excluding hydrogens is 214 g/mol. The zero-order chi connectivity index (χ0) is 10.8. The van der Waals surface area contributed by atoms with Crippen molar-refractivity contribution in [1.29, 1.82) is 0 Å². The van der Waals surface area contributed by atoms with Gasteiger partial charge in [0.15, 0.2) is 0 Å². The van der Waals surface area contributed by atoms with Gasteiger partial charge in [-0.3, -0.25) is 4.79 Å². The summed E-state index contributed by atoms with van der Waals surface area (Å²) < 4.78 is 5.42. The molecule has 0 aliphatic carbocycles. The lowest BCUT2D eigenvalue weighted by Gasteiger charge is -2.31. The fourth-order valence-electron chi connectivity index (χ4n) is 2.36. The van der Waals surface area contributed by atoms with E-state index in [1.807, 2.05) is 11.8 Å². The summed E-state index contributed by atoms with van der Waals surface area (Å²) in [4.78, 5) is 14.1. The number of likely N-dealkylation sites (tertiary alicyclic amines) is 1. The molecule has 0 bridgehead atoms. The van der Waals surface area contributed by atoms with E-state index in [0.717, 1.165) is 39.0 Å². The summed E-state index contributed by atoms with van der Waals surface area (Å²) in [6.45, 7) is 4.35. The van der Waals surface area contributed by atoms with E-state index in [9.17, 15) is 4.79 Å². The van der Waals surface area contributed by atoms with Crippen molar-refractivity contribution in [2.45, 2.75) is 37.7 Å².